The molecule has 0 aliphatic carbocycles. The number of rotatable bonds is 3. The molecule has 1 rings (SSSR count). The fourth-order valence-corrected chi connectivity index (χ4v) is 1.39. The van der Waals surface area contributed by atoms with Crippen molar-refractivity contribution in [2.24, 2.45) is 10.9 Å². The van der Waals surface area contributed by atoms with E-state index in [9.17, 15) is 9.18 Å². The summed E-state index contributed by atoms with van der Waals surface area (Å²) in [6.45, 7) is 3.03. The number of amides is 1. The lowest BCUT2D eigenvalue weighted by Gasteiger charge is -2.24. The van der Waals surface area contributed by atoms with Crippen molar-refractivity contribution in [1.82, 2.24) is 5.32 Å². The molecule has 1 amide bonds. The van der Waals surface area contributed by atoms with Gasteiger partial charge in [0.05, 0.1) is 16.1 Å². The minimum absolute atomic E-state index is 0.149. The van der Waals surface area contributed by atoms with Crippen LogP contribution in [-0.2, 0) is 0 Å². The molecule has 1 aromatic carbocycles. The van der Waals surface area contributed by atoms with Crippen LogP contribution in [0.1, 0.15) is 24.2 Å². The maximum absolute atomic E-state index is 13.6. The Morgan fingerprint density at radius 1 is 1.56 bits per heavy atom. The number of benzene rings is 1. The Labute approximate surface area is 108 Å². The molecule has 0 bridgehead atoms. The van der Waals surface area contributed by atoms with Crippen molar-refractivity contribution in [2.75, 3.05) is 0 Å². The zero-order chi connectivity index (χ0) is 13.9. The Hall–Kier alpha value is -1.82. The smallest absolute Gasteiger partial charge is 0.255 e. The number of hydrogen-bond donors (Lipinski definition) is 3. The standard InChI is InChI=1S/C11H13ClFN3O2/c1-11(2,10(14)16-18)15-9(17)6-4-3-5-7(12)8(6)13/h3-5,18H,1-2H3,(H2,14,16)(H,15,17). The van der Waals surface area contributed by atoms with E-state index in [0.717, 1.165) is 0 Å². The monoisotopic (exact) mass is 273 g/mol. The van der Waals surface area contributed by atoms with E-state index in [-0.39, 0.29) is 16.4 Å². The Balaban J connectivity index is 3.00. The fraction of sp³-hybridized carbons (Fsp3) is 0.273. The summed E-state index contributed by atoms with van der Waals surface area (Å²) in [7, 11) is 0. The Morgan fingerprint density at radius 2 is 2.17 bits per heavy atom. The van der Waals surface area contributed by atoms with Gasteiger partial charge in [-0.25, -0.2) is 4.39 Å². The number of oxime groups is 1. The van der Waals surface area contributed by atoms with Crippen molar-refractivity contribution in [3.05, 3.63) is 34.6 Å². The summed E-state index contributed by atoms with van der Waals surface area (Å²) in [4.78, 5) is 11.9. The third kappa shape index (κ3) is 2.89. The quantitative estimate of drug-likeness (QED) is 0.339. The summed E-state index contributed by atoms with van der Waals surface area (Å²) in [5, 5.41) is 13.7. The van der Waals surface area contributed by atoms with Crippen LogP contribution >= 0.6 is 11.6 Å². The van der Waals surface area contributed by atoms with Gasteiger partial charge >= 0.3 is 0 Å². The molecule has 0 radical (unpaired) electrons. The summed E-state index contributed by atoms with van der Waals surface area (Å²) in [6.07, 6.45) is 0. The first-order chi connectivity index (χ1) is 8.29. The van der Waals surface area contributed by atoms with Crippen molar-refractivity contribution in [3.8, 4) is 0 Å². The first-order valence-corrected chi connectivity index (χ1v) is 5.42. The van der Waals surface area contributed by atoms with Gasteiger partial charge < -0.3 is 16.3 Å². The molecule has 0 atom stereocenters. The van der Waals surface area contributed by atoms with E-state index >= 15 is 0 Å². The van der Waals surface area contributed by atoms with E-state index in [1.54, 1.807) is 0 Å². The van der Waals surface area contributed by atoms with E-state index in [2.05, 4.69) is 10.5 Å². The molecule has 0 fully saturated rings. The Bertz CT molecular complexity index is 503. The molecule has 1 aromatic rings. The van der Waals surface area contributed by atoms with Crippen molar-refractivity contribution in [3.63, 3.8) is 0 Å². The Kier molecular flexibility index (Phi) is 4.13. The lowest BCUT2D eigenvalue weighted by molar-refractivity contribution is 0.0926. The highest BCUT2D eigenvalue weighted by molar-refractivity contribution is 6.31. The van der Waals surface area contributed by atoms with Gasteiger partial charge in [-0.2, -0.15) is 0 Å². The number of carbonyl (C=O) groups is 1. The summed E-state index contributed by atoms with van der Waals surface area (Å²) < 4.78 is 13.6. The molecule has 4 N–H and O–H groups in total. The molecule has 0 saturated carbocycles. The lowest BCUT2D eigenvalue weighted by Crippen LogP contribution is -2.53. The second-order valence-electron chi connectivity index (χ2n) is 4.17. The number of amidine groups is 1. The molecule has 7 heteroatoms. The highest BCUT2D eigenvalue weighted by atomic mass is 35.5. The van der Waals surface area contributed by atoms with E-state index in [1.165, 1.54) is 32.0 Å². The van der Waals surface area contributed by atoms with Crippen LogP contribution < -0.4 is 11.1 Å². The predicted molar refractivity (Wildman–Crippen MR) is 66.4 cm³/mol. The fourth-order valence-electron chi connectivity index (χ4n) is 1.22. The molecule has 18 heavy (non-hydrogen) atoms. The zero-order valence-corrected chi connectivity index (χ0v) is 10.6. The third-order valence-corrected chi connectivity index (χ3v) is 2.66. The zero-order valence-electron chi connectivity index (χ0n) is 9.87. The molecule has 0 unspecified atom stereocenters. The Morgan fingerprint density at radius 3 is 2.72 bits per heavy atom. The van der Waals surface area contributed by atoms with Crippen LogP contribution in [0, 0.1) is 5.82 Å². The van der Waals surface area contributed by atoms with Crippen LogP contribution in [0.2, 0.25) is 5.02 Å². The van der Waals surface area contributed by atoms with Gasteiger partial charge in [-0.3, -0.25) is 4.79 Å². The van der Waals surface area contributed by atoms with E-state index in [4.69, 9.17) is 22.5 Å². The van der Waals surface area contributed by atoms with Gasteiger partial charge in [0, 0.05) is 0 Å². The van der Waals surface area contributed by atoms with Gasteiger partial charge in [0.1, 0.15) is 0 Å². The molecule has 0 saturated heterocycles. The van der Waals surface area contributed by atoms with Gasteiger partial charge in [0.2, 0.25) is 0 Å². The number of nitrogens with one attached hydrogen (secondary N) is 1. The van der Waals surface area contributed by atoms with Gasteiger partial charge in [-0.05, 0) is 26.0 Å². The molecule has 0 aliphatic rings. The second-order valence-corrected chi connectivity index (χ2v) is 4.57. The van der Waals surface area contributed by atoms with Crippen LogP contribution in [0.4, 0.5) is 4.39 Å². The average molecular weight is 274 g/mol. The third-order valence-electron chi connectivity index (χ3n) is 2.37. The summed E-state index contributed by atoms with van der Waals surface area (Å²) in [5.41, 5.74) is 4.09. The van der Waals surface area contributed by atoms with Crippen LogP contribution in [0.3, 0.4) is 0 Å². The summed E-state index contributed by atoms with van der Waals surface area (Å²) in [6, 6.07) is 4.08. The molecule has 0 heterocycles. The van der Waals surface area contributed by atoms with Crippen LogP contribution in [0.15, 0.2) is 23.4 Å². The maximum atomic E-state index is 13.6. The van der Waals surface area contributed by atoms with E-state index < -0.39 is 17.3 Å². The highest BCUT2D eigenvalue weighted by Gasteiger charge is 2.27. The number of carbonyl (C=O) groups excluding carboxylic acids is 1. The molecular formula is C11H13ClFN3O2. The molecule has 98 valence electrons. The van der Waals surface area contributed by atoms with Crippen LogP contribution in [-0.4, -0.2) is 22.5 Å². The van der Waals surface area contributed by atoms with Crippen LogP contribution in [0.5, 0.6) is 0 Å². The number of halogens is 2. The van der Waals surface area contributed by atoms with Gasteiger partial charge in [0.25, 0.3) is 5.91 Å². The molecule has 0 aromatic heterocycles. The van der Waals surface area contributed by atoms with Crippen molar-refractivity contribution >= 4 is 23.3 Å². The normalized spacial score (nSPS) is 12.3. The number of hydrogen-bond acceptors (Lipinski definition) is 3. The molecular weight excluding hydrogens is 261 g/mol. The minimum atomic E-state index is -1.11. The first kappa shape index (κ1) is 14.2. The first-order valence-electron chi connectivity index (χ1n) is 5.04. The van der Waals surface area contributed by atoms with Crippen molar-refractivity contribution < 1.29 is 14.4 Å². The van der Waals surface area contributed by atoms with Gasteiger partial charge in [0.15, 0.2) is 11.7 Å². The van der Waals surface area contributed by atoms with Crippen molar-refractivity contribution in [1.29, 1.82) is 0 Å². The van der Waals surface area contributed by atoms with Gasteiger partial charge in [-0.1, -0.05) is 22.8 Å². The average Bonchev–Trinajstić information content (AvgIpc) is 2.30. The van der Waals surface area contributed by atoms with Crippen LogP contribution in [0.25, 0.3) is 0 Å². The summed E-state index contributed by atoms with van der Waals surface area (Å²) >= 11 is 5.58. The predicted octanol–water partition coefficient (Wildman–Crippen LogP) is 1.73. The van der Waals surface area contributed by atoms with E-state index in [0.29, 0.717) is 0 Å². The van der Waals surface area contributed by atoms with Crippen molar-refractivity contribution in [2.45, 2.75) is 19.4 Å². The second kappa shape index (κ2) is 5.22. The molecule has 5 nitrogen and oxygen atoms in total. The summed E-state index contributed by atoms with van der Waals surface area (Å²) in [5.74, 6) is -1.71. The molecule has 0 aliphatic heterocycles. The number of nitrogens with zero attached hydrogens (tertiary/aromatic N) is 1. The number of nitrogens with two attached hydrogens (primary N) is 1. The van der Waals surface area contributed by atoms with Gasteiger partial charge in [-0.15, -0.1) is 0 Å². The van der Waals surface area contributed by atoms with E-state index in [1.807, 2.05) is 0 Å². The SMILES string of the molecule is CC(C)(NC(=O)c1cccc(Cl)c1F)/C(N)=N/O. The maximum Gasteiger partial charge on any atom is 0.255 e. The lowest BCUT2D eigenvalue weighted by atomic mass is 10.0. The highest BCUT2D eigenvalue weighted by Crippen LogP contribution is 2.18. The molecule has 0 spiro atoms. The minimum Gasteiger partial charge on any atom is -0.409 e. The topological polar surface area (TPSA) is 87.7 Å². The largest absolute Gasteiger partial charge is 0.409 e.